The topological polar surface area (TPSA) is 47.7 Å². The Morgan fingerprint density at radius 2 is 2.05 bits per heavy atom. The van der Waals surface area contributed by atoms with Gasteiger partial charge in [0, 0.05) is 18.2 Å². The van der Waals surface area contributed by atoms with Crippen LogP contribution in [0.2, 0.25) is 0 Å². The summed E-state index contributed by atoms with van der Waals surface area (Å²) in [4.78, 5) is 2.53. The molecular weight excluding hydrogens is 252 g/mol. The minimum Gasteiger partial charge on any atom is -0.497 e. The van der Waals surface area contributed by atoms with E-state index in [1.54, 1.807) is 14.2 Å². The Balaban J connectivity index is 2.33. The minimum absolute atomic E-state index is 0.201. The van der Waals surface area contributed by atoms with Gasteiger partial charge in [0.1, 0.15) is 11.5 Å². The lowest BCUT2D eigenvalue weighted by molar-refractivity contribution is 0.187. The van der Waals surface area contributed by atoms with Crippen molar-refractivity contribution in [1.82, 2.24) is 4.90 Å². The van der Waals surface area contributed by atoms with Gasteiger partial charge in [0.2, 0.25) is 0 Å². The molecule has 1 aliphatic carbocycles. The maximum atomic E-state index is 6.08. The van der Waals surface area contributed by atoms with Gasteiger partial charge >= 0.3 is 0 Å². The number of rotatable bonds is 8. The van der Waals surface area contributed by atoms with Gasteiger partial charge in [-0.25, -0.2) is 0 Å². The Labute approximate surface area is 121 Å². The van der Waals surface area contributed by atoms with Crippen molar-refractivity contribution in [3.8, 4) is 11.5 Å². The number of nitrogens with two attached hydrogens (primary N) is 1. The fourth-order valence-electron chi connectivity index (χ4n) is 2.80. The summed E-state index contributed by atoms with van der Waals surface area (Å²) in [6, 6.07) is 6.83. The summed E-state index contributed by atoms with van der Waals surface area (Å²) < 4.78 is 10.9. The Hall–Kier alpha value is -1.26. The lowest BCUT2D eigenvalue weighted by atomic mass is 10.0. The van der Waals surface area contributed by atoms with Crippen LogP contribution in [0, 0.1) is 0 Å². The van der Waals surface area contributed by atoms with Gasteiger partial charge in [0.15, 0.2) is 0 Å². The number of ether oxygens (including phenoxy) is 2. The summed E-state index contributed by atoms with van der Waals surface area (Å²) in [7, 11) is 3.40. The van der Waals surface area contributed by atoms with Crippen LogP contribution in [-0.4, -0.2) is 38.3 Å². The molecule has 0 radical (unpaired) electrons. The normalized spacial score (nSPS) is 16.2. The van der Waals surface area contributed by atoms with Crippen LogP contribution in [0.5, 0.6) is 11.5 Å². The predicted octanol–water partition coefficient (Wildman–Crippen LogP) is 2.58. The second-order valence-electron chi connectivity index (χ2n) is 5.33. The molecule has 112 valence electrons. The van der Waals surface area contributed by atoms with Crippen molar-refractivity contribution in [3.63, 3.8) is 0 Å². The fourth-order valence-corrected chi connectivity index (χ4v) is 2.80. The fraction of sp³-hybridized carbons (Fsp3) is 0.625. The van der Waals surface area contributed by atoms with Crippen LogP contribution >= 0.6 is 0 Å². The maximum Gasteiger partial charge on any atom is 0.123 e. The third-order valence-electron chi connectivity index (χ3n) is 3.92. The van der Waals surface area contributed by atoms with E-state index in [9.17, 15) is 0 Å². The van der Waals surface area contributed by atoms with Gasteiger partial charge in [-0.1, -0.05) is 6.92 Å². The van der Waals surface area contributed by atoms with Crippen molar-refractivity contribution in [2.45, 2.75) is 38.3 Å². The molecule has 0 heterocycles. The molecule has 0 saturated heterocycles. The molecular formula is C16H26N2O2. The SMILES string of the molecule is CCCN(C1CC1)C(CN)c1cc(OC)ccc1OC. The highest BCUT2D eigenvalue weighted by molar-refractivity contribution is 5.42. The molecule has 0 bridgehead atoms. The van der Waals surface area contributed by atoms with Gasteiger partial charge < -0.3 is 15.2 Å². The second-order valence-corrected chi connectivity index (χ2v) is 5.33. The first kappa shape index (κ1) is 15.1. The molecule has 0 aromatic heterocycles. The minimum atomic E-state index is 0.201. The van der Waals surface area contributed by atoms with E-state index in [-0.39, 0.29) is 6.04 Å². The molecule has 0 aliphatic heterocycles. The van der Waals surface area contributed by atoms with Gasteiger partial charge in [-0.3, -0.25) is 4.90 Å². The van der Waals surface area contributed by atoms with Gasteiger partial charge in [-0.2, -0.15) is 0 Å². The van der Waals surface area contributed by atoms with Crippen molar-refractivity contribution in [3.05, 3.63) is 23.8 Å². The van der Waals surface area contributed by atoms with E-state index in [1.165, 1.54) is 12.8 Å². The summed E-state index contributed by atoms with van der Waals surface area (Å²) in [5, 5.41) is 0. The van der Waals surface area contributed by atoms with E-state index in [0.29, 0.717) is 12.6 Å². The second kappa shape index (κ2) is 6.95. The van der Waals surface area contributed by atoms with E-state index in [1.807, 2.05) is 12.1 Å². The number of benzene rings is 1. The first-order valence-corrected chi connectivity index (χ1v) is 7.42. The zero-order valence-electron chi connectivity index (χ0n) is 12.8. The number of hydrogen-bond donors (Lipinski definition) is 1. The highest BCUT2D eigenvalue weighted by Gasteiger charge is 2.34. The zero-order chi connectivity index (χ0) is 14.5. The highest BCUT2D eigenvalue weighted by Crippen LogP contribution is 2.38. The number of methoxy groups -OCH3 is 2. The van der Waals surface area contributed by atoms with Crippen molar-refractivity contribution in [2.75, 3.05) is 27.3 Å². The van der Waals surface area contributed by atoms with Crippen molar-refractivity contribution in [1.29, 1.82) is 0 Å². The van der Waals surface area contributed by atoms with Gasteiger partial charge in [0.25, 0.3) is 0 Å². The molecule has 1 aromatic rings. The summed E-state index contributed by atoms with van der Waals surface area (Å²) in [5.74, 6) is 1.74. The molecule has 2 N–H and O–H groups in total. The molecule has 1 aromatic carbocycles. The Kier molecular flexibility index (Phi) is 5.26. The molecule has 2 rings (SSSR count). The summed E-state index contributed by atoms with van der Waals surface area (Å²) in [6.45, 7) is 3.89. The summed E-state index contributed by atoms with van der Waals surface area (Å²) in [5.41, 5.74) is 7.21. The van der Waals surface area contributed by atoms with Crippen molar-refractivity contribution < 1.29 is 9.47 Å². The Morgan fingerprint density at radius 3 is 2.55 bits per heavy atom. The molecule has 0 spiro atoms. The average Bonchev–Trinajstić information content (AvgIpc) is 3.31. The van der Waals surface area contributed by atoms with E-state index >= 15 is 0 Å². The first-order valence-electron chi connectivity index (χ1n) is 7.42. The number of hydrogen-bond acceptors (Lipinski definition) is 4. The summed E-state index contributed by atoms with van der Waals surface area (Å²) in [6.07, 6.45) is 3.70. The van der Waals surface area contributed by atoms with Crippen LogP contribution in [0.3, 0.4) is 0 Å². The van der Waals surface area contributed by atoms with E-state index < -0.39 is 0 Å². The Bertz CT molecular complexity index is 432. The third-order valence-corrected chi connectivity index (χ3v) is 3.92. The predicted molar refractivity (Wildman–Crippen MR) is 81.4 cm³/mol. The zero-order valence-corrected chi connectivity index (χ0v) is 12.8. The first-order chi connectivity index (χ1) is 9.74. The molecule has 1 unspecified atom stereocenters. The molecule has 20 heavy (non-hydrogen) atoms. The quantitative estimate of drug-likeness (QED) is 0.794. The van der Waals surface area contributed by atoms with Crippen LogP contribution < -0.4 is 15.2 Å². The van der Waals surface area contributed by atoms with Gasteiger partial charge in [0.05, 0.1) is 20.3 Å². The molecule has 1 aliphatic rings. The maximum absolute atomic E-state index is 6.08. The number of nitrogens with zero attached hydrogens (tertiary/aromatic N) is 1. The van der Waals surface area contributed by atoms with E-state index in [0.717, 1.165) is 30.0 Å². The lowest BCUT2D eigenvalue weighted by Crippen LogP contribution is -2.36. The monoisotopic (exact) mass is 278 g/mol. The van der Waals surface area contributed by atoms with Crippen LogP contribution in [0.1, 0.15) is 37.8 Å². The van der Waals surface area contributed by atoms with Crippen LogP contribution in [0.25, 0.3) is 0 Å². The Morgan fingerprint density at radius 1 is 1.30 bits per heavy atom. The molecule has 4 nitrogen and oxygen atoms in total. The third kappa shape index (κ3) is 3.25. The largest absolute Gasteiger partial charge is 0.497 e. The van der Waals surface area contributed by atoms with Crippen LogP contribution in [0.4, 0.5) is 0 Å². The van der Waals surface area contributed by atoms with Gasteiger partial charge in [-0.05, 0) is 44.0 Å². The molecule has 4 heteroatoms. The van der Waals surface area contributed by atoms with Crippen molar-refractivity contribution >= 4 is 0 Å². The highest BCUT2D eigenvalue weighted by atomic mass is 16.5. The summed E-state index contributed by atoms with van der Waals surface area (Å²) >= 11 is 0. The average molecular weight is 278 g/mol. The molecule has 1 saturated carbocycles. The van der Waals surface area contributed by atoms with Crippen LogP contribution in [-0.2, 0) is 0 Å². The van der Waals surface area contributed by atoms with E-state index in [2.05, 4.69) is 17.9 Å². The molecule has 0 amide bonds. The molecule has 1 fully saturated rings. The lowest BCUT2D eigenvalue weighted by Gasteiger charge is -2.32. The van der Waals surface area contributed by atoms with Crippen molar-refractivity contribution in [2.24, 2.45) is 5.73 Å². The standard InChI is InChI=1S/C16H26N2O2/c1-4-9-18(12-5-6-12)15(11-17)14-10-13(19-2)7-8-16(14)20-3/h7-8,10,12,15H,4-6,9,11,17H2,1-3H3. The van der Waals surface area contributed by atoms with Gasteiger partial charge in [-0.15, -0.1) is 0 Å². The smallest absolute Gasteiger partial charge is 0.123 e. The van der Waals surface area contributed by atoms with Crippen LogP contribution in [0.15, 0.2) is 18.2 Å². The van der Waals surface area contributed by atoms with E-state index in [4.69, 9.17) is 15.2 Å². The molecule has 1 atom stereocenters.